The molecule has 0 N–H and O–H groups in total. The standard InChI is InChI=1S/C14H20ClN3O3/c1-5-21-12-7-11(14(12,2)3)17(4)13-10(15)6-9(8-16-13)18(19)20/h6,8,11-12H,5,7H2,1-4H3/t11-,12+/m1/s1. The van der Waals surface area contributed by atoms with E-state index in [4.69, 9.17) is 16.3 Å². The Bertz CT molecular complexity index is 550. The van der Waals surface area contributed by atoms with Crippen LogP contribution in [0, 0.1) is 15.5 Å². The maximum Gasteiger partial charge on any atom is 0.289 e. The lowest BCUT2D eigenvalue weighted by Crippen LogP contribution is -2.61. The second kappa shape index (κ2) is 5.77. The number of halogens is 1. The van der Waals surface area contributed by atoms with Gasteiger partial charge in [-0.3, -0.25) is 10.1 Å². The van der Waals surface area contributed by atoms with Gasteiger partial charge in [0, 0.05) is 31.2 Å². The molecule has 1 fully saturated rings. The minimum absolute atomic E-state index is 0.0163. The van der Waals surface area contributed by atoms with Crippen molar-refractivity contribution < 1.29 is 9.66 Å². The van der Waals surface area contributed by atoms with Crippen molar-refractivity contribution in [1.82, 2.24) is 4.98 Å². The third-order valence-corrected chi connectivity index (χ3v) is 4.59. The van der Waals surface area contributed by atoms with Gasteiger partial charge in [0.15, 0.2) is 0 Å². The van der Waals surface area contributed by atoms with Crippen LogP contribution in [0.2, 0.25) is 5.02 Å². The number of hydrogen-bond acceptors (Lipinski definition) is 5. The first kappa shape index (κ1) is 16.0. The summed E-state index contributed by atoms with van der Waals surface area (Å²) in [6.45, 7) is 6.98. The van der Waals surface area contributed by atoms with Crippen molar-refractivity contribution in [2.24, 2.45) is 5.41 Å². The SMILES string of the molecule is CCO[C@H]1C[C@@H](N(C)c2ncc([N+](=O)[O-])cc2Cl)C1(C)C. The largest absolute Gasteiger partial charge is 0.378 e. The highest BCUT2D eigenvalue weighted by Crippen LogP contribution is 2.47. The summed E-state index contributed by atoms with van der Waals surface area (Å²) in [6.07, 6.45) is 2.35. The molecule has 1 heterocycles. The van der Waals surface area contributed by atoms with E-state index in [1.807, 2.05) is 18.9 Å². The van der Waals surface area contributed by atoms with Gasteiger partial charge in [-0.1, -0.05) is 25.4 Å². The maximum atomic E-state index is 10.7. The van der Waals surface area contributed by atoms with E-state index in [-0.39, 0.29) is 23.2 Å². The van der Waals surface area contributed by atoms with Crippen molar-refractivity contribution in [2.75, 3.05) is 18.6 Å². The summed E-state index contributed by atoms with van der Waals surface area (Å²) in [5.74, 6) is 0.565. The Kier molecular flexibility index (Phi) is 4.39. The Morgan fingerprint density at radius 1 is 1.62 bits per heavy atom. The van der Waals surface area contributed by atoms with E-state index < -0.39 is 4.92 Å². The van der Waals surface area contributed by atoms with Crippen LogP contribution >= 0.6 is 11.6 Å². The number of ether oxygens (including phenoxy) is 1. The fourth-order valence-corrected chi connectivity index (χ4v) is 3.23. The molecule has 1 aliphatic rings. The monoisotopic (exact) mass is 313 g/mol. The zero-order valence-electron chi connectivity index (χ0n) is 12.7. The third-order valence-electron chi connectivity index (χ3n) is 4.31. The van der Waals surface area contributed by atoms with E-state index >= 15 is 0 Å². The minimum Gasteiger partial charge on any atom is -0.378 e. The van der Waals surface area contributed by atoms with Crippen molar-refractivity contribution in [3.63, 3.8) is 0 Å². The highest BCUT2D eigenvalue weighted by molar-refractivity contribution is 6.33. The number of anilines is 1. The van der Waals surface area contributed by atoms with Crippen molar-refractivity contribution in [3.8, 4) is 0 Å². The first-order valence-electron chi connectivity index (χ1n) is 6.93. The van der Waals surface area contributed by atoms with Crippen LogP contribution in [-0.2, 0) is 4.74 Å². The molecule has 0 spiro atoms. The summed E-state index contributed by atoms with van der Waals surface area (Å²) in [5, 5.41) is 11.0. The van der Waals surface area contributed by atoms with E-state index in [1.165, 1.54) is 12.3 Å². The van der Waals surface area contributed by atoms with Gasteiger partial charge in [-0.15, -0.1) is 0 Å². The molecule has 0 aromatic carbocycles. The fraction of sp³-hybridized carbons (Fsp3) is 0.643. The van der Waals surface area contributed by atoms with Crippen LogP contribution in [0.1, 0.15) is 27.2 Å². The summed E-state index contributed by atoms with van der Waals surface area (Å²) in [4.78, 5) is 16.4. The van der Waals surface area contributed by atoms with Crippen LogP contribution < -0.4 is 4.90 Å². The van der Waals surface area contributed by atoms with E-state index in [9.17, 15) is 10.1 Å². The van der Waals surface area contributed by atoms with Crippen LogP contribution in [0.15, 0.2) is 12.3 Å². The number of rotatable bonds is 5. The number of pyridine rings is 1. The zero-order valence-corrected chi connectivity index (χ0v) is 13.4. The molecule has 1 aromatic heterocycles. The zero-order chi connectivity index (χ0) is 15.8. The molecule has 6 nitrogen and oxygen atoms in total. The lowest BCUT2D eigenvalue weighted by molar-refractivity contribution is -0.385. The molecule has 2 atom stereocenters. The molecule has 0 bridgehead atoms. The Balaban J connectivity index is 2.18. The van der Waals surface area contributed by atoms with Gasteiger partial charge in [0.2, 0.25) is 0 Å². The molecule has 0 amide bonds. The first-order chi connectivity index (χ1) is 9.78. The normalized spacial score (nSPS) is 23.5. The Labute approximate surface area is 129 Å². The van der Waals surface area contributed by atoms with Crippen LogP contribution in [0.5, 0.6) is 0 Å². The quantitative estimate of drug-likeness (QED) is 0.616. The molecule has 1 aliphatic carbocycles. The van der Waals surface area contributed by atoms with E-state index in [2.05, 4.69) is 18.8 Å². The lowest BCUT2D eigenvalue weighted by Gasteiger charge is -2.55. The molecule has 0 unspecified atom stereocenters. The van der Waals surface area contributed by atoms with Gasteiger partial charge in [-0.25, -0.2) is 4.98 Å². The summed E-state index contributed by atoms with van der Waals surface area (Å²) in [5.41, 5.74) is -0.116. The molecular formula is C14H20ClN3O3. The van der Waals surface area contributed by atoms with E-state index in [0.717, 1.165) is 6.42 Å². The molecule has 1 aromatic rings. The summed E-state index contributed by atoms with van der Waals surface area (Å²) in [6, 6.07) is 1.58. The molecule has 0 saturated heterocycles. The van der Waals surface area contributed by atoms with Crippen molar-refractivity contribution >= 4 is 23.1 Å². The molecular weight excluding hydrogens is 294 g/mol. The van der Waals surface area contributed by atoms with Gasteiger partial charge < -0.3 is 9.64 Å². The van der Waals surface area contributed by atoms with Crippen LogP contribution in [0.3, 0.4) is 0 Å². The van der Waals surface area contributed by atoms with Crippen molar-refractivity contribution in [3.05, 3.63) is 27.4 Å². The average Bonchev–Trinajstić information content (AvgIpc) is 2.42. The summed E-state index contributed by atoms with van der Waals surface area (Å²) in [7, 11) is 1.91. The molecule has 7 heteroatoms. The molecule has 21 heavy (non-hydrogen) atoms. The predicted octanol–water partition coefficient (Wildman–Crippen LogP) is 3.28. The lowest BCUT2D eigenvalue weighted by atomic mass is 9.64. The summed E-state index contributed by atoms with van der Waals surface area (Å²) < 4.78 is 5.72. The first-order valence-corrected chi connectivity index (χ1v) is 7.31. The van der Waals surface area contributed by atoms with Crippen LogP contribution in [-0.4, -0.2) is 35.7 Å². The van der Waals surface area contributed by atoms with E-state index in [0.29, 0.717) is 17.4 Å². The fourth-order valence-electron chi connectivity index (χ4n) is 2.93. The Hall–Kier alpha value is -1.40. The van der Waals surface area contributed by atoms with Gasteiger partial charge >= 0.3 is 0 Å². The average molecular weight is 314 g/mol. The van der Waals surface area contributed by atoms with E-state index in [1.54, 1.807) is 0 Å². The number of hydrogen-bond donors (Lipinski definition) is 0. The minimum atomic E-state index is -0.499. The number of aromatic nitrogens is 1. The van der Waals surface area contributed by atoms with Gasteiger partial charge in [0.05, 0.1) is 16.0 Å². The molecule has 0 radical (unpaired) electrons. The highest BCUT2D eigenvalue weighted by atomic mass is 35.5. The van der Waals surface area contributed by atoms with Crippen molar-refractivity contribution in [2.45, 2.75) is 39.3 Å². The maximum absolute atomic E-state index is 10.7. The third kappa shape index (κ3) is 2.82. The summed E-state index contributed by atoms with van der Waals surface area (Å²) >= 11 is 6.14. The second-order valence-electron chi connectivity index (χ2n) is 5.88. The smallest absolute Gasteiger partial charge is 0.289 e. The van der Waals surface area contributed by atoms with Crippen LogP contribution in [0.25, 0.3) is 0 Å². The number of nitro groups is 1. The molecule has 2 rings (SSSR count). The molecule has 116 valence electrons. The second-order valence-corrected chi connectivity index (χ2v) is 6.29. The molecule has 0 aliphatic heterocycles. The predicted molar refractivity (Wildman–Crippen MR) is 81.9 cm³/mol. The van der Waals surface area contributed by atoms with Crippen LogP contribution in [0.4, 0.5) is 11.5 Å². The topological polar surface area (TPSA) is 68.5 Å². The van der Waals surface area contributed by atoms with Crippen molar-refractivity contribution in [1.29, 1.82) is 0 Å². The highest BCUT2D eigenvalue weighted by Gasteiger charge is 2.51. The van der Waals surface area contributed by atoms with Gasteiger partial charge in [0.25, 0.3) is 5.69 Å². The Morgan fingerprint density at radius 2 is 2.29 bits per heavy atom. The number of nitrogens with zero attached hydrogens (tertiary/aromatic N) is 3. The Morgan fingerprint density at radius 3 is 2.76 bits per heavy atom. The van der Waals surface area contributed by atoms with Gasteiger partial charge in [-0.2, -0.15) is 0 Å². The van der Waals surface area contributed by atoms with Gasteiger partial charge in [-0.05, 0) is 13.3 Å². The molecule has 1 saturated carbocycles. The van der Waals surface area contributed by atoms with Gasteiger partial charge in [0.1, 0.15) is 12.0 Å².